The number of rotatable bonds is 6. The summed E-state index contributed by atoms with van der Waals surface area (Å²) in [6.07, 6.45) is -10.5. The fourth-order valence-corrected chi connectivity index (χ4v) is 6.03. The van der Waals surface area contributed by atoms with Crippen LogP contribution in [0.1, 0.15) is 35.7 Å². The molecule has 0 bridgehead atoms. The molecule has 0 unspecified atom stereocenters. The molecule has 5 atom stereocenters. The molecule has 1 saturated heterocycles. The average Bonchev–Trinajstić information content (AvgIpc) is 3.73. The van der Waals surface area contributed by atoms with Crippen LogP contribution in [0.5, 0.6) is 0 Å². The first-order valence-corrected chi connectivity index (χ1v) is 14.2. The third kappa shape index (κ3) is 5.70. The predicted molar refractivity (Wildman–Crippen MR) is 145 cm³/mol. The summed E-state index contributed by atoms with van der Waals surface area (Å²) in [7, 11) is 0. The summed E-state index contributed by atoms with van der Waals surface area (Å²) in [5.74, 6) is -7.74. The van der Waals surface area contributed by atoms with E-state index in [4.69, 9.17) is 9.47 Å². The Morgan fingerprint density at radius 1 is 1.13 bits per heavy atom. The normalized spacial score (nSPS) is 22.0. The largest absolute Gasteiger partial charge is 0.457 e. The molecule has 2 aromatic carbocycles. The van der Waals surface area contributed by atoms with Gasteiger partial charge in [0, 0.05) is 12.5 Å². The van der Waals surface area contributed by atoms with Gasteiger partial charge in [-0.25, -0.2) is 32.5 Å². The topological polar surface area (TPSA) is 150 Å². The summed E-state index contributed by atoms with van der Waals surface area (Å²) in [5.41, 5.74) is 0.255. The van der Waals surface area contributed by atoms with E-state index in [1.807, 2.05) is 0 Å². The first-order valence-electron chi connectivity index (χ1n) is 13.3. The molecule has 4 heterocycles. The second kappa shape index (κ2) is 11.7. The fraction of sp³-hybridized carbons (Fsp3) is 0.333. The van der Waals surface area contributed by atoms with Crippen molar-refractivity contribution in [1.82, 2.24) is 34.7 Å². The van der Waals surface area contributed by atoms with Gasteiger partial charge in [0.15, 0.2) is 35.5 Å². The van der Waals surface area contributed by atoms with Crippen molar-refractivity contribution in [3.05, 3.63) is 70.6 Å². The van der Waals surface area contributed by atoms with Crippen LogP contribution in [0, 0.1) is 24.4 Å². The van der Waals surface area contributed by atoms with E-state index in [9.17, 15) is 41.4 Å². The lowest BCUT2D eigenvalue weighted by Gasteiger charge is -2.43. The molecule has 1 fully saturated rings. The van der Waals surface area contributed by atoms with Crippen LogP contribution in [0.15, 0.2) is 36.5 Å². The maximum Gasteiger partial charge on any atom is 0.453 e. The minimum Gasteiger partial charge on any atom is -0.457 e. The number of aliphatic hydroxyl groups is 2. The number of alkyl halides is 3. The summed E-state index contributed by atoms with van der Waals surface area (Å²) in [4.78, 5) is 20.4. The molecule has 242 valence electrons. The summed E-state index contributed by atoms with van der Waals surface area (Å²) < 4.78 is 97.0. The van der Waals surface area contributed by atoms with E-state index in [1.54, 1.807) is 13.0 Å². The van der Waals surface area contributed by atoms with Gasteiger partial charge in [0.1, 0.15) is 23.9 Å². The molecule has 0 radical (unpaired) electrons. The van der Waals surface area contributed by atoms with E-state index in [-0.39, 0.29) is 16.9 Å². The van der Waals surface area contributed by atoms with Gasteiger partial charge in [-0.1, -0.05) is 5.21 Å². The minimum absolute atomic E-state index is 0.117. The molecule has 19 heteroatoms. The van der Waals surface area contributed by atoms with E-state index in [1.165, 1.54) is 23.5 Å². The lowest BCUT2D eigenvalue weighted by molar-refractivity contribution is -0.222. The number of ether oxygens (including phenoxy) is 2. The van der Waals surface area contributed by atoms with Crippen LogP contribution < -0.4 is 0 Å². The Hall–Kier alpha value is -4.46. The van der Waals surface area contributed by atoms with E-state index < -0.39 is 78.3 Å². The van der Waals surface area contributed by atoms with Crippen molar-refractivity contribution < 1.29 is 50.8 Å². The van der Waals surface area contributed by atoms with Crippen LogP contribution in [0.2, 0.25) is 0 Å². The molecular weight excluding hydrogens is 648 g/mol. The molecule has 2 N–H and O–H groups in total. The Balaban J connectivity index is 1.49. The molecule has 0 aliphatic carbocycles. The van der Waals surface area contributed by atoms with Crippen molar-refractivity contribution in [2.45, 2.75) is 50.5 Å². The van der Waals surface area contributed by atoms with Gasteiger partial charge in [-0.15, -0.1) is 21.5 Å². The number of aromatic nitrogens is 7. The Morgan fingerprint density at radius 3 is 2.50 bits per heavy atom. The number of aryl methyl sites for hydroxylation is 1. The predicted octanol–water partition coefficient (Wildman–Crippen LogP) is 3.85. The first-order chi connectivity index (χ1) is 21.7. The summed E-state index contributed by atoms with van der Waals surface area (Å²) in [6, 6.07) is 4.34. The smallest absolute Gasteiger partial charge is 0.453 e. The van der Waals surface area contributed by atoms with Gasteiger partial charge in [-0.2, -0.15) is 13.2 Å². The number of benzene rings is 2. The number of esters is 1. The highest BCUT2D eigenvalue weighted by Gasteiger charge is 2.52. The van der Waals surface area contributed by atoms with E-state index in [0.29, 0.717) is 27.4 Å². The van der Waals surface area contributed by atoms with Crippen LogP contribution in [0.3, 0.4) is 0 Å². The molecule has 12 nitrogen and oxygen atoms in total. The third-order valence-electron chi connectivity index (χ3n) is 7.13. The molecule has 46 heavy (non-hydrogen) atoms. The highest BCUT2D eigenvalue weighted by atomic mass is 32.1. The minimum atomic E-state index is -5.02. The zero-order valence-electron chi connectivity index (χ0n) is 23.5. The van der Waals surface area contributed by atoms with Crippen molar-refractivity contribution in [1.29, 1.82) is 0 Å². The quantitative estimate of drug-likeness (QED) is 0.155. The maximum atomic E-state index is 14.0. The lowest BCUT2D eigenvalue weighted by atomic mass is 9.91. The molecule has 3 aromatic heterocycles. The standard InChI is InChI=1S/C27H21F6N7O5S/c1-10-34-16-4-3-13(7-19(16)46-10)40-25(35-26(37-40)27(31,32)33)24-23(44-11(2)42)21(22(43)18(9-41)45-24)39-8-17(36-38-39)12-5-14(28)20(30)15(29)6-12/h3-8,18,21-24,41,43H,9H2,1-2H3/t18-,21+,22+,23-,24-/m1/s1. The van der Waals surface area contributed by atoms with Crippen LogP contribution in [-0.2, 0) is 20.4 Å². The van der Waals surface area contributed by atoms with Crippen molar-refractivity contribution in [2.24, 2.45) is 0 Å². The zero-order chi connectivity index (χ0) is 33.1. The molecule has 0 saturated carbocycles. The highest BCUT2D eigenvalue weighted by molar-refractivity contribution is 7.18. The van der Waals surface area contributed by atoms with E-state index in [2.05, 4.69) is 25.4 Å². The number of carbonyl (C=O) groups excluding carboxylic acids is 1. The average molecular weight is 670 g/mol. The van der Waals surface area contributed by atoms with Gasteiger partial charge in [0.25, 0.3) is 5.82 Å². The van der Waals surface area contributed by atoms with Crippen LogP contribution in [-0.4, -0.2) is 75.8 Å². The highest BCUT2D eigenvalue weighted by Crippen LogP contribution is 2.42. The van der Waals surface area contributed by atoms with Crippen LogP contribution in [0.4, 0.5) is 26.3 Å². The number of fused-ring (bicyclic) bond motifs is 1. The maximum absolute atomic E-state index is 14.0. The summed E-state index contributed by atoms with van der Waals surface area (Å²) in [5, 5.41) is 33.4. The Labute approximate surface area is 257 Å². The van der Waals surface area contributed by atoms with Crippen LogP contribution in [0.25, 0.3) is 27.2 Å². The Kier molecular flexibility index (Phi) is 8.03. The molecule has 0 amide bonds. The van der Waals surface area contributed by atoms with Gasteiger partial charge in [-0.3, -0.25) is 4.79 Å². The third-order valence-corrected chi connectivity index (χ3v) is 8.06. The van der Waals surface area contributed by atoms with Gasteiger partial charge in [-0.05, 0) is 37.3 Å². The Bertz CT molecular complexity index is 1920. The van der Waals surface area contributed by atoms with Gasteiger partial charge >= 0.3 is 12.1 Å². The number of halogens is 6. The van der Waals surface area contributed by atoms with Gasteiger partial charge in [0.2, 0.25) is 0 Å². The summed E-state index contributed by atoms with van der Waals surface area (Å²) in [6.45, 7) is 1.90. The lowest BCUT2D eigenvalue weighted by Crippen LogP contribution is -2.54. The van der Waals surface area contributed by atoms with E-state index >= 15 is 0 Å². The monoisotopic (exact) mass is 669 g/mol. The fourth-order valence-electron chi connectivity index (χ4n) is 5.17. The van der Waals surface area contributed by atoms with Crippen molar-refractivity contribution in [2.75, 3.05) is 6.61 Å². The SMILES string of the molecule is CC(=O)O[C@@H]1[C@@H](n2cc(-c3cc(F)c(F)c(F)c3)nn2)[C@@H](O)[C@@H](CO)O[C@H]1c1nc(C(F)(F)F)nn1-c1ccc2nc(C)sc2c1. The number of carbonyl (C=O) groups is 1. The van der Waals surface area contributed by atoms with Gasteiger partial charge in [0.05, 0.1) is 33.7 Å². The number of aliphatic hydroxyl groups excluding tert-OH is 2. The summed E-state index contributed by atoms with van der Waals surface area (Å²) >= 11 is 1.28. The second-order valence-electron chi connectivity index (χ2n) is 10.3. The van der Waals surface area contributed by atoms with Crippen LogP contribution >= 0.6 is 11.3 Å². The molecule has 6 rings (SSSR count). The number of hydrogen-bond acceptors (Lipinski definition) is 11. The molecular formula is C27H21F6N7O5S. The first kappa shape index (κ1) is 31.5. The zero-order valence-corrected chi connectivity index (χ0v) is 24.3. The molecule has 5 aromatic rings. The van der Waals surface area contributed by atoms with Crippen molar-refractivity contribution in [3.8, 4) is 16.9 Å². The molecule has 1 aliphatic heterocycles. The second-order valence-corrected chi connectivity index (χ2v) is 11.5. The van der Waals surface area contributed by atoms with E-state index in [0.717, 1.165) is 22.5 Å². The van der Waals surface area contributed by atoms with Crippen molar-refractivity contribution >= 4 is 27.5 Å². The Morgan fingerprint density at radius 2 is 1.85 bits per heavy atom. The number of thiazole rings is 1. The molecule has 1 aliphatic rings. The molecule has 0 spiro atoms. The van der Waals surface area contributed by atoms with Gasteiger partial charge < -0.3 is 19.7 Å². The number of nitrogens with zero attached hydrogens (tertiary/aromatic N) is 7. The number of hydrogen-bond donors (Lipinski definition) is 2. The van der Waals surface area contributed by atoms with Crippen molar-refractivity contribution in [3.63, 3.8) is 0 Å².